The molecule has 1 fully saturated rings. The van der Waals surface area contributed by atoms with Gasteiger partial charge in [-0.2, -0.15) is 0 Å². The second kappa shape index (κ2) is 6.71. The lowest BCUT2D eigenvalue weighted by Crippen LogP contribution is -2.53. The van der Waals surface area contributed by atoms with Crippen molar-refractivity contribution in [3.8, 4) is 0 Å². The minimum Gasteiger partial charge on any atom is -0.479 e. The summed E-state index contributed by atoms with van der Waals surface area (Å²) < 4.78 is 5.34. The lowest BCUT2D eigenvalue weighted by Gasteiger charge is -2.35. The van der Waals surface area contributed by atoms with Gasteiger partial charge in [-0.3, -0.25) is 0 Å². The molecule has 2 unspecified atom stereocenters. The summed E-state index contributed by atoms with van der Waals surface area (Å²) in [6.07, 6.45) is 0.782. The van der Waals surface area contributed by atoms with E-state index in [1.807, 2.05) is 6.92 Å². The lowest BCUT2D eigenvalue weighted by molar-refractivity contribution is -0.139. The van der Waals surface area contributed by atoms with Gasteiger partial charge in [-0.05, 0) is 17.9 Å². The Balaban J connectivity index is 2.06. The summed E-state index contributed by atoms with van der Waals surface area (Å²) in [5.74, 6) is -1.05. The van der Waals surface area contributed by atoms with Gasteiger partial charge in [-0.25, -0.2) is 9.59 Å². The van der Waals surface area contributed by atoms with Crippen LogP contribution >= 0.6 is 11.3 Å². The summed E-state index contributed by atoms with van der Waals surface area (Å²) in [6, 6.07) is 2.14. The number of hydrogen-bond acceptors (Lipinski definition) is 4. The second-order valence-electron chi connectivity index (χ2n) is 4.57. The molecule has 7 heteroatoms. The normalized spacial score (nSPS) is 20.4. The fraction of sp³-hybridized carbons (Fsp3) is 0.538. The third kappa shape index (κ3) is 3.29. The van der Waals surface area contributed by atoms with Crippen molar-refractivity contribution >= 4 is 23.3 Å². The highest BCUT2D eigenvalue weighted by molar-refractivity contribution is 7.10. The molecule has 2 N–H and O–H groups in total. The first kappa shape index (κ1) is 14.8. The molecule has 2 rings (SSSR count). The fourth-order valence-electron chi connectivity index (χ4n) is 2.18. The number of hydrogen-bond donors (Lipinski definition) is 2. The highest BCUT2D eigenvalue weighted by Crippen LogP contribution is 2.20. The molecule has 0 spiro atoms. The Hall–Kier alpha value is -1.60. The molecule has 1 aromatic heterocycles. The first-order valence-electron chi connectivity index (χ1n) is 6.54. The van der Waals surface area contributed by atoms with Gasteiger partial charge >= 0.3 is 12.0 Å². The number of carbonyl (C=O) groups excluding carboxylic acids is 1. The van der Waals surface area contributed by atoms with Crippen LogP contribution in [0.15, 0.2) is 17.5 Å². The van der Waals surface area contributed by atoms with Crippen LogP contribution in [0.2, 0.25) is 0 Å². The minimum atomic E-state index is -1.05. The smallest absolute Gasteiger partial charge is 0.331 e. The molecule has 20 heavy (non-hydrogen) atoms. The number of nitrogens with one attached hydrogen (secondary N) is 1. The maximum absolute atomic E-state index is 12.3. The number of amides is 2. The molecule has 1 aromatic rings. The zero-order valence-electron chi connectivity index (χ0n) is 11.2. The average Bonchev–Trinajstić information content (AvgIpc) is 2.97. The van der Waals surface area contributed by atoms with Crippen LogP contribution in [-0.4, -0.2) is 47.8 Å². The molecular weight excluding hydrogens is 280 g/mol. The van der Waals surface area contributed by atoms with Gasteiger partial charge in [-0.1, -0.05) is 13.0 Å². The number of urea groups is 1. The monoisotopic (exact) mass is 298 g/mol. The van der Waals surface area contributed by atoms with Crippen molar-refractivity contribution in [3.05, 3.63) is 22.4 Å². The molecule has 1 aliphatic rings. The molecule has 6 nitrogen and oxygen atoms in total. The first-order valence-corrected chi connectivity index (χ1v) is 7.42. The van der Waals surface area contributed by atoms with E-state index in [-0.39, 0.29) is 12.1 Å². The van der Waals surface area contributed by atoms with Crippen LogP contribution in [0.3, 0.4) is 0 Å². The van der Waals surface area contributed by atoms with E-state index in [2.05, 4.69) is 5.32 Å². The van der Waals surface area contributed by atoms with Crippen LogP contribution in [-0.2, 0) is 9.53 Å². The summed E-state index contributed by atoms with van der Waals surface area (Å²) in [5, 5.41) is 13.7. The van der Waals surface area contributed by atoms with Gasteiger partial charge in [0.15, 0.2) is 6.04 Å². The quantitative estimate of drug-likeness (QED) is 0.886. The lowest BCUT2D eigenvalue weighted by atomic mass is 10.2. The van der Waals surface area contributed by atoms with Gasteiger partial charge in [0.1, 0.15) is 0 Å². The van der Waals surface area contributed by atoms with Crippen LogP contribution in [0.1, 0.15) is 24.3 Å². The van der Waals surface area contributed by atoms with Gasteiger partial charge in [-0.15, -0.1) is 11.3 Å². The molecule has 2 atom stereocenters. The van der Waals surface area contributed by atoms with Gasteiger partial charge in [0.25, 0.3) is 0 Å². The van der Waals surface area contributed by atoms with Crippen LogP contribution in [0.25, 0.3) is 0 Å². The number of aliphatic carboxylic acids is 1. The molecule has 2 amide bonds. The molecule has 1 aliphatic heterocycles. The number of carboxylic acids is 1. The maximum atomic E-state index is 12.3. The molecule has 0 saturated carbocycles. The number of ether oxygens (including phenoxy) is 1. The van der Waals surface area contributed by atoms with E-state index in [0.29, 0.717) is 24.6 Å². The summed E-state index contributed by atoms with van der Waals surface area (Å²) >= 11 is 1.32. The topological polar surface area (TPSA) is 78.9 Å². The standard InChI is InChI=1S/C13H18N2O4S/c1-2-9-8-19-6-5-15(9)13(18)14-11(12(16)17)10-4-3-7-20-10/h3-4,7,9,11H,2,5-6,8H2,1H3,(H,14,18)(H,16,17). The summed E-state index contributed by atoms with van der Waals surface area (Å²) in [6.45, 7) is 3.45. The Morgan fingerprint density at radius 3 is 3.05 bits per heavy atom. The second-order valence-corrected chi connectivity index (χ2v) is 5.55. The third-order valence-corrected chi connectivity index (χ3v) is 4.24. The molecular formula is C13H18N2O4S. The Bertz CT molecular complexity index is 463. The van der Waals surface area contributed by atoms with Gasteiger partial charge in [0.05, 0.1) is 19.3 Å². The van der Waals surface area contributed by atoms with Crippen molar-refractivity contribution in [3.63, 3.8) is 0 Å². The molecule has 110 valence electrons. The van der Waals surface area contributed by atoms with Crippen LogP contribution < -0.4 is 5.32 Å². The Kier molecular flexibility index (Phi) is 4.97. The van der Waals surface area contributed by atoms with Crippen LogP contribution in [0.5, 0.6) is 0 Å². The molecule has 0 radical (unpaired) electrons. The number of thiophene rings is 1. The van der Waals surface area contributed by atoms with E-state index in [1.54, 1.807) is 22.4 Å². The molecule has 0 aliphatic carbocycles. The predicted molar refractivity (Wildman–Crippen MR) is 74.8 cm³/mol. The molecule has 0 aromatic carbocycles. The average molecular weight is 298 g/mol. The zero-order valence-corrected chi connectivity index (χ0v) is 12.1. The van der Waals surface area contributed by atoms with E-state index in [9.17, 15) is 14.7 Å². The van der Waals surface area contributed by atoms with Gasteiger partial charge in [0.2, 0.25) is 0 Å². The van der Waals surface area contributed by atoms with Crippen molar-refractivity contribution in [2.45, 2.75) is 25.4 Å². The van der Waals surface area contributed by atoms with E-state index in [1.165, 1.54) is 11.3 Å². The number of carbonyl (C=O) groups is 2. The largest absolute Gasteiger partial charge is 0.479 e. The molecule has 1 saturated heterocycles. The van der Waals surface area contributed by atoms with Crippen molar-refractivity contribution < 1.29 is 19.4 Å². The summed E-state index contributed by atoms with van der Waals surface area (Å²) in [7, 11) is 0. The summed E-state index contributed by atoms with van der Waals surface area (Å²) in [4.78, 5) is 25.9. The minimum absolute atomic E-state index is 0.00142. The Morgan fingerprint density at radius 1 is 1.65 bits per heavy atom. The van der Waals surface area contributed by atoms with Crippen molar-refractivity contribution in [1.29, 1.82) is 0 Å². The van der Waals surface area contributed by atoms with Crippen molar-refractivity contribution in [2.75, 3.05) is 19.8 Å². The first-order chi connectivity index (χ1) is 9.63. The van der Waals surface area contributed by atoms with E-state index in [4.69, 9.17) is 4.74 Å². The van der Waals surface area contributed by atoms with E-state index >= 15 is 0 Å². The summed E-state index contributed by atoms with van der Waals surface area (Å²) in [5.41, 5.74) is 0. The SMILES string of the molecule is CCC1COCCN1C(=O)NC(C(=O)O)c1cccs1. The van der Waals surface area contributed by atoms with E-state index < -0.39 is 12.0 Å². The Labute approximate surface area is 121 Å². The fourth-order valence-corrected chi connectivity index (χ4v) is 2.94. The predicted octanol–water partition coefficient (Wildman–Crippen LogP) is 1.69. The van der Waals surface area contributed by atoms with Gasteiger partial charge < -0.3 is 20.1 Å². The van der Waals surface area contributed by atoms with E-state index in [0.717, 1.165) is 6.42 Å². The van der Waals surface area contributed by atoms with Crippen LogP contribution in [0, 0.1) is 0 Å². The maximum Gasteiger partial charge on any atom is 0.331 e. The highest BCUT2D eigenvalue weighted by Gasteiger charge is 2.30. The van der Waals surface area contributed by atoms with Crippen molar-refractivity contribution in [2.24, 2.45) is 0 Å². The van der Waals surface area contributed by atoms with Gasteiger partial charge in [0, 0.05) is 11.4 Å². The number of morpholine rings is 1. The Morgan fingerprint density at radius 2 is 2.45 bits per heavy atom. The number of rotatable bonds is 4. The molecule has 0 bridgehead atoms. The van der Waals surface area contributed by atoms with Crippen molar-refractivity contribution in [1.82, 2.24) is 10.2 Å². The number of nitrogens with zero attached hydrogens (tertiary/aromatic N) is 1. The third-order valence-electron chi connectivity index (χ3n) is 3.30. The van der Waals surface area contributed by atoms with Crippen LogP contribution in [0.4, 0.5) is 4.79 Å². The highest BCUT2D eigenvalue weighted by atomic mass is 32.1. The number of carboxylic acid groups (broad SMARTS) is 1. The molecule has 2 heterocycles. The zero-order chi connectivity index (χ0) is 14.5.